The number of nitrogens with zero attached hydrogens (tertiary/aromatic N) is 1. The van der Waals surface area contributed by atoms with Crippen molar-refractivity contribution in [1.82, 2.24) is 4.98 Å². The van der Waals surface area contributed by atoms with Gasteiger partial charge in [0.25, 0.3) is 0 Å². The summed E-state index contributed by atoms with van der Waals surface area (Å²) in [5.74, 6) is -1.22. The number of rotatable bonds is 11. The second kappa shape index (κ2) is 14.4. The van der Waals surface area contributed by atoms with E-state index in [1.807, 2.05) is 49.4 Å². The fourth-order valence-corrected chi connectivity index (χ4v) is 5.73. The fraction of sp³-hybridized carbons (Fsp3) is 0.306. The Bertz CT molecular complexity index is 1680. The molecule has 0 saturated heterocycles. The molecule has 3 N–H and O–H groups in total. The first-order valence-corrected chi connectivity index (χ1v) is 15.6. The van der Waals surface area contributed by atoms with Gasteiger partial charge in [-0.15, -0.1) is 0 Å². The number of aliphatic carboxylic acids is 2. The van der Waals surface area contributed by atoms with E-state index in [0.717, 1.165) is 64.7 Å². The lowest BCUT2D eigenvalue weighted by atomic mass is 9.89. The van der Waals surface area contributed by atoms with E-state index in [-0.39, 0.29) is 5.41 Å². The number of aromatic nitrogens is 1. The summed E-state index contributed by atoms with van der Waals surface area (Å²) < 4.78 is 0. The van der Waals surface area contributed by atoms with E-state index < -0.39 is 17.5 Å². The number of carboxylic acid groups (broad SMARTS) is 2. The zero-order chi connectivity index (χ0) is 31.9. The zero-order valence-electron chi connectivity index (χ0n) is 25.0. The normalized spacial score (nSPS) is 14.9. The number of carboxylic acids is 2. The number of aliphatic hydroxyl groups is 1. The number of thiol groups is 1. The van der Waals surface area contributed by atoms with E-state index in [1.165, 1.54) is 12.5 Å². The van der Waals surface area contributed by atoms with Gasteiger partial charge in [0.05, 0.1) is 17.6 Å². The van der Waals surface area contributed by atoms with Crippen LogP contribution in [-0.4, -0.2) is 38.0 Å². The maximum atomic E-state index is 11.5. The minimum atomic E-state index is -1.90. The number of fused-ring (bicyclic) bond motifs is 1. The third-order valence-corrected chi connectivity index (χ3v) is 9.24. The summed E-state index contributed by atoms with van der Waals surface area (Å²) in [5.41, 5.74) is 4.53. The lowest BCUT2D eigenvalue weighted by molar-refractivity contribution is -0.157. The molecular formula is C36H38ClNO5S. The van der Waals surface area contributed by atoms with E-state index in [0.29, 0.717) is 23.4 Å². The number of aryl methyl sites for hydroxylation is 3. The average molecular weight is 632 g/mol. The van der Waals surface area contributed by atoms with Crippen LogP contribution in [-0.2, 0) is 28.0 Å². The topological polar surface area (TPSA) is 108 Å². The lowest BCUT2D eigenvalue weighted by Crippen LogP contribution is -2.33. The van der Waals surface area contributed by atoms with Crippen LogP contribution in [0.2, 0.25) is 5.02 Å². The molecule has 1 unspecified atom stereocenters. The Kier molecular flexibility index (Phi) is 10.9. The Hall–Kier alpha value is -3.65. The number of benzene rings is 3. The molecule has 8 heteroatoms. The second-order valence-electron chi connectivity index (χ2n) is 11.7. The van der Waals surface area contributed by atoms with Crippen molar-refractivity contribution in [2.24, 2.45) is 5.41 Å². The minimum absolute atomic E-state index is 0.0783. The van der Waals surface area contributed by atoms with Crippen LogP contribution in [0.1, 0.15) is 66.1 Å². The molecule has 1 fully saturated rings. The van der Waals surface area contributed by atoms with Crippen molar-refractivity contribution in [1.29, 1.82) is 0 Å². The number of carbonyl (C=O) groups is 2. The van der Waals surface area contributed by atoms with Gasteiger partial charge in [-0.3, -0.25) is 4.79 Å². The van der Waals surface area contributed by atoms with Gasteiger partial charge < -0.3 is 15.3 Å². The standard InChI is InChI=1S/C30H28ClNO3.C6H10O2S/c1-20-27(31)18-15-24-14-17-25(32-28(20)24)16-13-22-8-5-7-21(19-22)9-6-11-23-10-3-4-12-26(23)30(2,35)29(33)34;7-5(8)3-6(4-9)1-2-6/h3-5,7-8,10,12-19,35H,6,9,11H2,1-2H3,(H,33,34);9H,1-4H2,(H,7,8)/b16-13+;. The summed E-state index contributed by atoms with van der Waals surface area (Å²) in [6.07, 6.45) is 8.81. The molecule has 1 aliphatic carbocycles. The maximum Gasteiger partial charge on any atom is 0.340 e. The molecule has 1 aliphatic rings. The van der Waals surface area contributed by atoms with Crippen molar-refractivity contribution in [2.75, 3.05) is 5.75 Å². The second-order valence-corrected chi connectivity index (χ2v) is 12.4. The summed E-state index contributed by atoms with van der Waals surface area (Å²) in [6, 6.07) is 23.5. The van der Waals surface area contributed by atoms with Gasteiger partial charge in [-0.05, 0) is 103 Å². The van der Waals surface area contributed by atoms with E-state index in [4.69, 9.17) is 21.7 Å². The molecule has 0 bridgehead atoms. The van der Waals surface area contributed by atoms with Gasteiger partial charge in [0.1, 0.15) is 0 Å². The van der Waals surface area contributed by atoms with Gasteiger partial charge in [0.2, 0.25) is 0 Å². The predicted molar refractivity (Wildman–Crippen MR) is 180 cm³/mol. The van der Waals surface area contributed by atoms with Crippen molar-refractivity contribution in [3.8, 4) is 0 Å². The first-order chi connectivity index (χ1) is 20.9. The monoisotopic (exact) mass is 631 g/mol. The van der Waals surface area contributed by atoms with Crippen LogP contribution in [0.25, 0.3) is 23.1 Å². The first kappa shape index (κ1) is 33.2. The molecule has 230 valence electrons. The molecule has 5 rings (SSSR count). The molecule has 0 spiro atoms. The summed E-state index contributed by atoms with van der Waals surface area (Å²) in [4.78, 5) is 26.4. The number of halogens is 1. The van der Waals surface area contributed by atoms with Crippen LogP contribution in [0.5, 0.6) is 0 Å². The Balaban J connectivity index is 0.000000421. The Morgan fingerprint density at radius 1 is 1.00 bits per heavy atom. The van der Waals surface area contributed by atoms with E-state index >= 15 is 0 Å². The summed E-state index contributed by atoms with van der Waals surface area (Å²) in [5, 5.41) is 30.0. The van der Waals surface area contributed by atoms with Crippen LogP contribution < -0.4 is 0 Å². The quantitative estimate of drug-likeness (QED) is 0.125. The molecule has 1 aromatic heterocycles. The van der Waals surface area contributed by atoms with E-state index in [9.17, 15) is 19.8 Å². The molecule has 0 amide bonds. The van der Waals surface area contributed by atoms with Crippen LogP contribution in [0.3, 0.4) is 0 Å². The van der Waals surface area contributed by atoms with Crippen LogP contribution in [0, 0.1) is 12.3 Å². The molecule has 6 nitrogen and oxygen atoms in total. The molecule has 44 heavy (non-hydrogen) atoms. The van der Waals surface area contributed by atoms with E-state index in [2.05, 4.69) is 43.0 Å². The maximum absolute atomic E-state index is 11.5. The number of hydrogen-bond acceptors (Lipinski definition) is 5. The fourth-order valence-electron chi connectivity index (χ4n) is 5.15. The molecule has 4 aromatic rings. The molecule has 1 saturated carbocycles. The Morgan fingerprint density at radius 3 is 2.39 bits per heavy atom. The van der Waals surface area contributed by atoms with Gasteiger partial charge in [-0.25, -0.2) is 9.78 Å². The van der Waals surface area contributed by atoms with Gasteiger partial charge in [-0.1, -0.05) is 78.3 Å². The van der Waals surface area contributed by atoms with Crippen LogP contribution in [0.4, 0.5) is 0 Å². The number of pyridine rings is 1. The molecule has 1 atom stereocenters. The molecule has 1 heterocycles. The Labute approximate surface area is 268 Å². The minimum Gasteiger partial charge on any atom is -0.481 e. The highest BCUT2D eigenvalue weighted by atomic mass is 35.5. The summed E-state index contributed by atoms with van der Waals surface area (Å²) >= 11 is 10.3. The number of hydrogen-bond donors (Lipinski definition) is 4. The lowest BCUT2D eigenvalue weighted by Gasteiger charge is -2.21. The third kappa shape index (κ3) is 8.50. The van der Waals surface area contributed by atoms with Crippen molar-refractivity contribution in [2.45, 2.75) is 58.0 Å². The van der Waals surface area contributed by atoms with Gasteiger partial charge in [0.15, 0.2) is 5.60 Å². The average Bonchev–Trinajstić information content (AvgIpc) is 3.78. The van der Waals surface area contributed by atoms with Crippen molar-refractivity contribution in [3.63, 3.8) is 0 Å². The molecule has 0 aliphatic heterocycles. The van der Waals surface area contributed by atoms with Gasteiger partial charge in [0, 0.05) is 10.4 Å². The van der Waals surface area contributed by atoms with E-state index in [1.54, 1.807) is 12.1 Å². The highest BCUT2D eigenvalue weighted by Gasteiger charge is 2.42. The van der Waals surface area contributed by atoms with Gasteiger partial charge >= 0.3 is 11.9 Å². The van der Waals surface area contributed by atoms with Crippen molar-refractivity contribution in [3.05, 3.63) is 111 Å². The SMILES string of the molecule is Cc1c(Cl)ccc2ccc(/C=C/c3cccc(CCCc4ccccc4C(C)(O)C(=O)O)c3)nc12.O=C(O)CC1(CS)CC1. The smallest absolute Gasteiger partial charge is 0.340 e. The predicted octanol–water partition coefficient (Wildman–Crippen LogP) is 8.01. The van der Waals surface area contributed by atoms with Gasteiger partial charge in [-0.2, -0.15) is 12.6 Å². The van der Waals surface area contributed by atoms with Crippen LogP contribution in [0.15, 0.2) is 72.8 Å². The Morgan fingerprint density at radius 2 is 1.73 bits per heavy atom. The first-order valence-electron chi connectivity index (χ1n) is 14.6. The molecule has 0 radical (unpaired) electrons. The zero-order valence-corrected chi connectivity index (χ0v) is 26.6. The third-order valence-electron chi connectivity index (χ3n) is 8.16. The summed E-state index contributed by atoms with van der Waals surface area (Å²) in [6.45, 7) is 3.31. The van der Waals surface area contributed by atoms with Crippen molar-refractivity contribution < 1.29 is 24.9 Å². The molecule has 3 aromatic carbocycles. The van der Waals surface area contributed by atoms with Crippen LogP contribution >= 0.6 is 24.2 Å². The largest absolute Gasteiger partial charge is 0.481 e. The summed E-state index contributed by atoms with van der Waals surface area (Å²) in [7, 11) is 0. The van der Waals surface area contributed by atoms with Crippen molar-refractivity contribution >= 4 is 59.2 Å². The highest BCUT2D eigenvalue weighted by Crippen LogP contribution is 2.49. The highest BCUT2D eigenvalue weighted by molar-refractivity contribution is 7.80. The molecular weight excluding hydrogens is 594 g/mol.